The van der Waals surface area contributed by atoms with Crippen LogP contribution in [0.1, 0.15) is 6.92 Å². The maximum absolute atomic E-state index is 13.9. The lowest BCUT2D eigenvalue weighted by molar-refractivity contribution is -0.132. The van der Waals surface area contributed by atoms with Gasteiger partial charge in [0.15, 0.2) is 5.70 Å². The molecule has 3 nitrogen and oxygen atoms in total. The van der Waals surface area contributed by atoms with Gasteiger partial charge < -0.3 is 9.42 Å². The van der Waals surface area contributed by atoms with Crippen LogP contribution in [0.2, 0.25) is 0 Å². The lowest BCUT2D eigenvalue weighted by atomic mass is 9.57. The summed E-state index contributed by atoms with van der Waals surface area (Å²) in [4.78, 5) is 13.8. The average molecular weight is 217 g/mol. The zero-order valence-corrected chi connectivity index (χ0v) is 8.64. The van der Waals surface area contributed by atoms with Crippen molar-refractivity contribution in [1.82, 2.24) is 0 Å². The van der Waals surface area contributed by atoms with Crippen LogP contribution in [0, 0.1) is 6.57 Å². The van der Waals surface area contributed by atoms with E-state index in [4.69, 9.17) is 11.7 Å². The molecule has 0 saturated carbocycles. The van der Waals surface area contributed by atoms with Gasteiger partial charge in [-0.05, 0) is 12.4 Å². The highest BCUT2D eigenvalue weighted by Crippen LogP contribution is 2.11. The maximum atomic E-state index is 13.9. The van der Waals surface area contributed by atoms with E-state index in [1.54, 1.807) is 18.2 Å². The molecule has 0 heterocycles. The Hall–Kier alpha value is -2.09. The van der Waals surface area contributed by atoms with Crippen LogP contribution in [0.5, 0.6) is 0 Å². The average Bonchev–Trinajstić information content (AvgIpc) is 2.29. The number of hydrogen-bond acceptors (Lipinski definition) is 1. The van der Waals surface area contributed by atoms with Crippen molar-refractivity contribution in [3.63, 3.8) is 0 Å². The van der Waals surface area contributed by atoms with Crippen molar-refractivity contribution in [2.75, 3.05) is 0 Å². The number of halogens is 1. The van der Waals surface area contributed by atoms with Gasteiger partial charge in [0.05, 0.1) is 6.57 Å². The molecule has 5 heteroatoms. The Bertz CT molecular complexity index is 465. The molecule has 80 valence electrons. The first-order chi connectivity index (χ1) is 7.57. The Morgan fingerprint density at radius 2 is 2.00 bits per heavy atom. The number of carboxylic acid groups (broad SMARTS) is 1. The normalized spacial score (nSPS) is 11.3. The molecule has 1 aromatic rings. The summed E-state index contributed by atoms with van der Waals surface area (Å²) in [5, 5.41) is 8.87. The minimum atomic E-state index is -1.77. The van der Waals surface area contributed by atoms with Gasteiger partial charge in [-0.15, -0.1) is 0 Å². The third-order valence-corrected chi connectivity index (χ3v) is 2.13. The second kappa shape index (κ2) is 5.12. The topological polar surface area (TPSA) is 41.7 Å². The van der Waals surface area contributed by atoms with Crippen molar-refractivity contribution in [3.05, 3.63) is 52.9 Å². The van der Waals surface area contributed by atoms with E-state index in [2.05, 4.69) is 4.85 Å². The molecule has 0 spiro atoms. The van der Waals surface area contributed by atoms with Gasteiger partial charge in [-0.3, -0.25) is 0 Å². The highest BCUT2D eigenvalue weighted by molar-refractivity contribution is 6.78. The largest absolute Gasteiger partial charge is 0.479 e. The van der Waals surface area contributed by atoms with Crippen LogP contribution in [0.15, 0.2) is 41.5 Å². The molecule has 0 fully saturated rings. The predicted molar refractivity (Wildman–Crippen MR) is 59.9 cm³/mol. The fourth-order valence-electron chi connectivity index (χ4n) is 1.30. The second-order valence-electron chi connectivity index (χ2n) is 3.19. The van der Waals surface area contributed by atoms with Gasteiger partial charge in [0.25, 0.3) is 0 Å². The van der Waals surface area contributed by atoms with Crippen LogP contribution >= 0.6 is 0 Å². The molecule has 0 radical (unpaired) electrons. The van der Waals surface area contributed by atoms with Crippen LogP contribution < -0.4 is 5.46 Å². The van der Waals surface area contributed by atoms with E-state index in [9.17, 15) is 9.11 Å². The van der Waals surface area contributed by atoms with Crippen LogP contribution in [0.4, 0.5) is 4.32 Å². The van der Waals surface area contributed by atoms with Crippen molar-refractivity contribution in [1.29, 1.82) is 0 Å². The molecular weight excluding hydrogens is 208 g/mol. The molecular formula is C11H9BFNO2. The quantitative estimate of drug-likeness (QED) is 0.475. The molecule has 0 aliphatic carbocycles. The van der Waals surface area contributed by atoms with E-state index in [-0.39, 0.29) is 11.2 Å². The summed E-state index contributed by atoms with van der Waals surface area (Å²) in [5.74, 6) is -1.40. The van der Waals surface area contributed by atoms with Crippen LogP contribution in [0.25, 0.3) is 4.85 Å². The summed E-state index contributed by atoms with van der Waals surface area (Å²) < 4.78 is 13.9. The smallest absolute Gasteiger partial charge is 0.409 e. The Kier molecular flexibility index (Phi) is 3.84. The first-order valence-corrected chi connectivity index (χ1v) is 4.58. The van der Waals surface area contributed by atoms with Crippen molar-refractivity contribution >= 4 is 18.4 Å². The molecule has 1 N–H and O–H groups in total. The van der Waals surface area contributed by atoms with E-state index in [1.807, 2.05) is 0 Å². The summed E-state index contributed by atoms with van der Waals surface area (Å²) in [7, 11) is 0. The van der Waals surface area contributed by atoms with E-state index in [1.165, 1.54) is 19.1 Å². The predicted octanol–water partition coefficient (Wildman–Crippen LogP) is 1.67. The van der Waals surface area contributed by atoms with Crippen LogP contribution in [-0.2, 0) is 4.79 Å². The molecule has 0 bridgehead atoms. The van der Waals surface area contributed by atoms with Crippen LogP contribution in [0.3, 0.4) is 0 Å². The standard InChI is InChI=1S/C11H9BFNO2/c1-8(14-2)10(11(15)16)12(13)9-6-4-3-5-7-9/h3-7H,1H3,(H,15,16)/b10-8+. The van der Waals surface area contributed by atoms with Crippen molar-refractivity contribution in [2.24, 2.45) is 0 Å². The number of carboxylic acids is 1. The molecule has 0 amide bonds. The zero-order valence-electron chi connectivity index (χ0n) is 8.64. The summed E-state index contributed by atoms with van der Waals surface area (Å²) in [6, 6.07) is 7.93. The first kappa shape index (κ1) is 12.0. The Morgan fingerprint density at radius 3 is 2.44 bits per heavy atom. The maximum Gasteiger partial charge on any atom is 0.409 e. The van der Waals surface area contributed by atoms with Gasteiger partial charge in [0, 0.05) is 5.47 Å². The zero-order chi connectivity index (χ0) is 12.1. The first-order valence-electron chi connectivity index (χ1n) is 4.58. The highest BCUT2D eigenvalue weighted by atomic mass is 19.1. The fraction of sp³-hybridized carbons (Fsp3) is 0.0909. The van der Waals surface area contributed by atoms with E-state index < -0.39 is 18.4 Å². The lowest BCUT2D eigenvalue weighted by Gasteiger charge is -2.06. The van der Waals surface area contributed by atoms with Gasteiger partial charge in [-0.1, -0.05) is 30.3 Å². The molecule has 0 aliphatic rings. The fourth-order valence-corrected chi connectivity index (χ4v) is 1.30. The summed E-state index contributed by atoms with van der Waals surface area (Å²) >= 11 is 0. The number of carbonyl (C=O) groups is 1. The van der Waals surface area contributed by atoms with Gasteiger partial charge in [0.2, 0.25) is 0 Å². The molecule has 16 heavy (non-hydrogen) atoms. The Labute approximate surface area is 93.2 Å². The number of hydrogen-bond donors (Lipinski definition) is 1. The number of allylic oxidation sites excluding steroid dienone is 1. The summed E-state index contributed by atoms with van der Waals surface area (Å²) in [6.07, 6.45) is 0. The van der Waals surface area contributed by atoms with E-state index in [0.29, 0.717) is 0 Å². The molecule has 1 rings (SSSR count). The molecule has 0 unspecified atom stereocenters. The SMILES string of the molecule is [C-]#[N+]/C(C)=C(/B(F)c1ccccc1)C(=O)O. The molecule has 1 aromatic carbocycles. The third kappa shape index (κ3) is 2.48. The molecule has 0 atom stereocenters. The van der Waals surface area contributed by atoms with E-state index in [0.717, 1.165) is 0 Å². The van der Waals surface area contributed by atoms with Crippen molar-refractivity contribution in [3.8, 4) is 0 Å². The monoisotopic (exact) mass is 217 g/mol. The summed E-state index contributed by atoms with van der Waals surface area (Å²) in [6.45, 7) is 6.25. The Balaban J connectivity index is 3.18. The van der Waals surface area contributed by atoms with Crippen LogP contribution in [-0.4, -0.2) is 18.1 Å². The summed E-state index contributed by atoms with van der Waals surface area (Å²) in [5.41, 5.74) is -0.395. The van der Waals surface area contributed by atoms with Crippen molar-refractivity contribution in [2.45, 2.75) is 6.92 Å². The number of benzene rings is 1. The van der Waals surface area contributed by atoms with Gasteiger partial charge in [-0.25, -0.2) is 9.64 Å². The lowest BCUT2D eigenvalue weighted by Crippen LogP contribution is -2.32. The van der Waals surface area contributed by atoms with Gasteiger partial charge in [-0.2, -0.15) is 0 Å². The second-order valence-corrected chi connectivity index (χ2v) is 3.19. The molecule has 0 aliphatic heterocycles. The van der Waals surface area contributed by atoms with Gasteiger partial charge in [0.1, 0.15) is 0 Å². The highest BCUT2D eigenvalue weighted by Gasteiger charge is 2.29. The van der Waals surface area contributed by atoms with E-state index >= 15 is 0 Å². The van der Waals surface area contributed by atoms with Crippen molar-refractivity contribution < 1.29 is 14.2 Å². The minimum Gasteiger partial charge on any atom is -0.479 e. The number of rotatable bonds is 3. The third-order valence-electron chi connectivity index (χ3n) is 2.13. The molecule has 0 aromatic heterocycles. The number of nitrogens with zero attached hydrogens (tertiary/aromatic N) is 1. The minimum absolute atomic E-state index is 0.135. The molecule has 0 saturated heterocycles. The Morgan fingerprint density at radius 1 is 1.44 bits per heavy atom. The number of aliphatic carboxylic acids is 1. The van der Waals surface area contributed by atoms with Gasteiger partial charge >= 0.3 is 13.0 Å².